The molecule has 0 fully saturated rings. The average Bonchev–Trinajstić information content (AvgIpc) is 2.77. The number of rotatable bonds is 8. The number of ketones is 1. The van der Waals surface area contributed by atoms with E-state index in [1.165, 1.54) is 17.5 Å². The van der Waals surface area contributed by atoms with Crippen molar-refractivity contribution in [2.45, 2.75) is 44.9 Å². The molecule has 3 rings (SSSR count). The lowest BCUT2D eigenvalue weighted by atomic mass is 9.89. The number of anilines is 1. The van der Waals surface area contributed by atoms with Crippen molar-refractivity contribution in [1.82, 2.24) is 0 Å². The van der Waals surface area contributed by atoms with Gasteiger partial charge in [0.2, 0.25) is 5.91 Å². The molecule has 0 aliphatic heterocycles. The predicted molar refractivity (Wildman–Crippen MR) is 112 cm³/mol. The van der Waals surface area contributed by atoms with Crippen LogP contribution in [0.25, 0.3) is 0 Å². The molecular formula is C24H24N2O4. The maximum Gasteiger partial charge on any atom is 0.306 e. The first-order chi connectivity index (χ1) is 14.6. The summed E-state index contributed by atoms with van der Waals surface area (Å²) >= 11 is 0. The van der Waals surface area contributed by atoms with Gasteiger partial charge in [-0.3, -0.25) is 14.4 Å². The Kier molecular flexibility index (Phi) is 7.34. The van der Waals surface area contributed by atoms with E-state index in [2.05, 4.69) is 5.32 Å². The molecule has 0 saturated heterocycles. The van der Waals surface area contributed by atoms with Gasteiger partial charge >= 0.3 is 5.97 Å². The molecule has 0 saturated carbocycles. The smallest absolute Gasteiger partial charge is 0.306 e. The third kappa shape index (κ3) is 5.77. The topological polar surface area (TPSA) is 96.3 Å². The van der Waals surface area contributed by atoms with Crippen LogP contribution in [0.2, 0.25) is 0 Å². The second-order valence-electron chi connectivity index (χ2n) is 7.29. The first-order valence-corrected chi connectivity index (χ1v) is 10.2. The van der Waals surface area contributed by atoms with Crippen LogP contribution in [-0.2, 0) is 27.2 Å². The van der Waals surface area contributed by atoms with Gasteiger partial charge in [0.1, 0.15) is 12.7 Å². The highest BCUT2D eigenvalue weighted by Crippen LogP contribution is 2.23. The summed E-state index contributed by atoms with van der Waals surface area (Å²) in [6.45, 7) is -0.0770. The van der Waals surface area contributed by atoms with Gasteiger partial charge < -0.3 is 10.1 Å². The van der Waals surface area contributed by atoms with E-state index in [0.29, 0.717) is 16.8 Å². The van der Waals surface area contributed by atoms with Crippen LogP contribution in [0.3, 0.4) is 0 Å². The number of Topliss-reactive ketones (excluding diaryl/α,β-unsaturated/α-hetero) is 1. The number of nitrogens with zero attached hydrogens (tertiary/aromatic N) is 1. The maximum atomic E-state index is 12.4. The van der Waals surface area contributed by atoms with Crippen molar-refractivity contribution in [1.29, 1.82) is 5.26 Å². The number of ether oxygens (including phenoxy) is 1. The van der Waals surface area contributed by atoms with E-state index in [-0.39, 0.29) is 37.6 Å². The number of para-hydroxylation sites is 1. The first-order valence-electron chi connectivity index (χ1n) is 10.2. The molecule has 0 spiro atoms. The van der Waals surface area contributed by atoms with Gasteiger partial charge in [-0.25, -0.2) is 0 Å². The standard InChI is InChI=1S/C24H24N2O4/c25-16-20-7-3-4-8-21(20)26-23(28)13-14-30-24(29)12-11-22(27)19-10-9-17-5-1-2-6-18(17)15-19/h3-4,7-10,15H,1-2,5-6,11-14H2,(H,26,28). The highest BCUT2D eigenvalue weighted by molar-refractivity contribution is 5.98. The SMILES string of the molecule is N#Cc1ccccc1NC(=O)CCOC(=O)CCC(=O)c1ccc2c(c1)CCCC2. The number of nitriles is 1. The number of carbonyl (C=O) groups excluding carboxylic acids is 3. The zero-order chi connectivity index (χ0) is 21.3. The summed E-state index contributed by atoms with van der Waals surface area (Å²) in [5, 5.41) is 11.7. The Balaban J connectivity index is 1.39. The largest absolute Gasteiger partial charge is 0.465 e. The summed E-state index contributed by atoms with van der Waals surface area (Å²) < 4.78 is 5.07. The molecule has 154 valence electrons. The average molecular weight is 404 g/mol. The molecular weight excluding hydrogens is 380 g/mol. The van der Waals surface area contributed by atoms with E-state index < -0.39 is 5.97 Å². The number of carbonyl (C=O) groups is 3. The van der Waals surface area contributed by atoms with E-state index in [9.17, 15) is 14.4 Å². The minimum Gasteiger partial charge on any atom is -0.465 e. The number of fused-ring (bicyclic) bond motifs is 1. The third-order valence-electron chi connectivity index (χ3n) is 5.14. The van der Waals surface area contributed by atoms with Crippen LogP contribution in [-0.4, -0.2) is 24.3 Å². The molecule has 0 aromatic heterocycles. The lowest BCUT2D eigenvalue weighted by Gasteiger charge is -2.16. The van der Waals surface area contributed by atoms with Gasteiger partial charge in [0.15, 0.2) is 5.78 Å². The van der Waals surface area contributed by atoms with Gasteiger partial charge in [0.25, 0.3) is 0 Å². The van der Waals surface area contributed by atoms with Gasteiger partial charge in [0.05, 0.1) is 24.1 Å². The van der Waals surface area contributed by atoms with Crippen LogP contribution in [0.15, 0.2) is 42.5 Å². The molecule has 30 heavy (non-hydrogen) atoms. The number of hydrogen-bond donors (Lipinski definition) is 1. The van der Waals surface area contributed by atoms with E-state index in [1.54, 1.807) is 24.3 Å². The molecule has 6 heteroatoms. The van der Waals surface area contributed by atoms with Crippen LogP contribution < -0.4 is 5.32 Å². The Labute approximate surface area is 175 Å². The van der Waals surface area contributed by atoms with Crippen molar-refractivity contribution in [3.05, 3.63) is 64.7 Å². The summed E-state index contributed by atoms with van der Waals surface area (Å²) in [4.78, 5) is 36.2. The molecule has 6 nitrogen and oxygen atoms in total. The quantitative estimate of drug-likeness (QED) is 0.530. The van der Waals surface area contributed by atoms with Crippen molar-refractivity contribution >= 4 is 23.3 Å². The maximum absolute atomic E-state index is 12.4. The monoisotopic (exact) mass is 404 g/mol. The van der Waals surface area contributed by atoms with Gasteiger partial charge in [0, 0.05) is 12.0 Å². The van der Waals surface area contributed by atoms with Crippen LogP contribution in [0.1, 0.15) is 59.2 Å². The van der Waals surface area contributed by atoms with E-state index in [4.69, 9.17) is 10.00 Å². The number of benzene rings is 2. The summed E-state index contributed by atoms with van der Waals surface area (Å²) in [6.07, 6.45) is 4.44. The van der Waals surface area contributed by atoms with Crippen molar-refractivity contribution in [3.63, 3.8) is 0 Å². The third-order valence-corrected chi connectivity index (χ3v) is 5.14. The molecule has 0 atom stereocenters. The van der Waals surface area contributed by atoms with Crippen molar-refractivity contribution in [2.75, 3.05) is 11.9 Å². The minimum atomic E-state index is -0.508. The summed E-state index contributed by atoms with van der Waals surface area (Å²) in [7, 11) is 0. The number of esters is 1. The number of amides is 1. The fourth-order valence-corrected chi connectivity index (χ4v) is 3.50. The van der Waals surface area contributed by atoms with Crippen molar-refractivity contribution in [2.24, 2.45) is 0 Å². The second-order valence-corrected chi connectivity index (χ2v) is 7.29. The summed E-state index contributed by atoms with van der Waals surface area (Å²) in [6, 6.07) is 14.5. The van der Waals surface area contributed by atoms with Gasteiger partial charge in [-0.1, -0.05) is 24.3 Å². The summed E-state index contributed by atoms with van der Waals surface area (Å²) in [5.74, 6) is -0.937. The minimum absolute atomic E-state index is 0.0190. The molecule has 1 aliphatic carbocycles. The highest BCUT2D eigenvalue weighted by atomic mass is 16.5. The Morgan fingerprint density at radius 1 is 0.967 bits per heavy atom. The normalized spacial score (nSPS) is 12.4. The molecule has 0 bridgehead atoms. The van der Waals surface area contributed by atoms with Gasteiger partial charge in [-0.15, -0.1) is 0 Å². The molecule has 2 aromatic rings. The fourth-order valence-electron chi connectivity index (χ4n) is 3.50. The van der Waals surface area contributed by atoms with E-state index >= 15 is 0 Å². The van der Waals surface area contributed by atoms with E-state index in [1.807, 2.05) is 24.3 Å². The Hall–Kier alpha value is -3.46. The number of hydrogen-bond acceptors (Lipinski definition) is 5. The molecule has 1 aliphatic rings. The Morgan fingerprint density at radius 3 is 2.53 bits per heavy atom. The molecule has 1 amide bonds. The van der Waals surface area contributed by atoms with Crippen LogP contribution >= 0.6 is 0 Å². The lowest BCUT2D eigenvalue weighted by molar-refractivity contribution is -0.144. The molecule has 1 N–H and O–H groups in total. The van der Waals surface area contributed by atoms with Crippen LogP contribution in [0.4, 0.5) is 5.69 Å². The first kappa shape index (κ1) is 21.3. The van der Waals surface area contributed by atoms with Crippen molar-refractivity contribution in [3.8, 4) is 6.07 Å². The molecule has 0 unspecified atom stereocenters. The number of aryl methyl sites for hydroxylation is 2. The molecule has 0 heterocycles. The van der Waals surface area contributed by atoms with Crippen molar-refractivity contribution < 1.29 is 19.1 Å². The second kappa shape index (κ2) is 10.4. The van der Waals surface area contributed by atoms with E-state index in [0.717, 1.165) is 19.3 Å². The van der Waals surface area contributed by atoms with Gasteiger partial charge in [-0.05, 0) is 55.0 Å². The van der Waals surface area contributed by atoms with Gasteiger partial charge in [-0.2, -0.15) is 5.26 Å². The highest BCUT2D eigenvalue weighted by Gasteiger charge is 2.15. The molecule has 2 aromatic carbocycles. The zero-order valence-corrected chi connectivity index (χ0v) is 16.8. The lowest BCUT2D eigenvalue weighted by Crippen LogP contribution is -2.17. The Morgan fingerprint density at radius 2 is 1.73 bits per heavy atom. The predicted octanol–water partition coefficient (Wildman–Crippen LogP) is 3.97. The fraction of sp³-hybridized carbons (Fsp3) is 0.333. The molecule has 0 radical (unpaired) electrons. The van der Waals surface area contributed by atoms with Crippen LogP contribution in [0.5, 0.6) is 0 Å². The van der Waals surface area contributed by atoms with Crippen LogP contribution in [0, 0.1) is 11.3 Å². The summed E-state index contributed by atoms with van der Waals surface area (Å²) in [5.41, 5.74) is 3.97. The zero-order valence-electron chi connectivity index (χ0n) is 16.8. The number of nitrogens with one attached hydrogen (secondary N) is 1. The Bertz CT molecular complexity index is 991.